The molecule has 0 amide bonds. The molecule has 0 aliphatic heterocycles. The average Bonchev–Trinajstić information content (AvgIpc) is 3.52. The topological polar surface area (TPSA) is 83.1 Å². The van der Waals surface area contributed by atoms with Crippen LogP contribution < -0.4 is 0 Å². The van der Waals surface area contributed by atoms with Gasteiger partial charge in [0.2, 0.25) is 0 Å². The maximum atomic E-state index is 4.81. The minimum absolute atomic E-state index is 0.726. The van der Waals surface area contributed by atoms with Crippen LogP contribution in [0.5, 0.6) is 0 Å². The molecule has 2 N–H and O–H groups in total. The van der Waals surface area contributed by atoms with Gasteiger partial charge in [-0.05, 0) is 36.6 Å². The predicted molar refractivity (Wildman–Crippen MR) is 121 cm³/mol. The Kier molecular flexibility index (Phi) is 4.57. The molecule has 0 fully saturated rings. The Morgan fingerprint density at radius 3 is 2.87 bits per heavy atom. The van der Waals surface area contributed by atoms with Crippen molar-refractivity contribution in [2.45, 2.75) is 6.92 Å². The molecule has 30 heavy (non-hydrogen) atoms. The first kappa shape index (κ1) is 18.2. The lowest BCUT2D eigenvalue weighted by Gasteiger charge is -2.03. The lowest BCUT2D eigenvalue weighted by molar-refractivity contribution is 1.11. The molecule has 5 aromatic rings. The molecule has 5 heterocycles. The Morgan fingerprint density at radius 1 is 1.17 bits per heavy atom. The van der Waals surface area contributed by atoms with E-state index >= 15 is 0 Å². The van der Waals surface area contributed by atoms with Gasteiger partial charge in [0.15, 0.2) is 0 Å². The molecule has 5 rings (SSSR count). The largest absolute Gasteiger partial charge is 0.357 e. The molecule has 7 heteroatoms. The molecular formula is C23H18N6S. The summed E-state index contributed by atoms with van der Waals surface area (Å²) in [6.45, 7) is 5.95. The van der Waals surface area contributed by atoms with Crippen LogP contribution in [0, 0.1) is 6.92 Å². The maximum Gasteiger partial charge on any atom is 0.135 e. The maximum absolute atomic E-state index is 4.81. The molecule has 0 radical (unpaired) electrons. The molecule has 0 aliphatic carbocycles. The number of hydrogen-bond acceptors (Lipinski definition) is 5. The molecule has 0 saturated heterocycles. The van der Waals surface area contributed by atoms with E-state index in [4.69, 9.17) is 4.98 Å². The van der Waals surface area contributed by atoms with Crippen LogP contribution in [0.4, 0.5) is 0 Å². The van der Waals surface area contributed by atoms with E-state index in [2.05, 4.69) is 62.2 Å². The molecule has 0 spiro atoms. The molecule has 0 aliphatic rings. The minimum atomic E-state index is 0.726. The lowest BCUT2D eigenvalue weighted by atomic mass is 10.0. The van der Waals surface area contributed by atoms with Crippen LogP contribution in [-0.2, 0) is 0 Å². The number of rotatable bonds is 5. The number of fused-ring (bicyclic) bond motifs is 1. The number of allylic oxidation sites excluding steroid dienone is 2. The fourth-order valence-corrected chi connectivity index (χ4v) is 4.25. The summed E-state index contributed by atoms with van der Waals surface area (Å²) in [5, 5.41) is 9.69. The van der Waals surface area contributed by atoms with Crippen molar-refractivity contribution in [3.8, 4) is 22.8 Å². The first-order valence-electron chi connectivity index (χ1n) is 9.43. The van der Waals surface area contributed by atoms with Gasteiger partial charge in [-0.25, -0.2) is 4.98 Å². The number of aromatic amines is 2. The quantitative estimate of drug-likeness (QED) is 0.380. The Morgan fingerprint density at radius 2 is 2.10 bits per heavy atom. The van der Waals surface area contributed by atoms with Gasteiger partial charge in [-0.1, -0.05) is 24.8 Å². The number of H-pyrrole nitrogens is 2. The Hall–Kier alpha value is -3.84. The summed E-state index contributed by atoms with van der Waals surface area (Å²) in [6.07, 6.45) is 8.88. The lowest BCUT2D eigenvalue weighted by Crippen LogP contribution is -1.89. The zero-order chi connectivity index (χ0) is 20.5. The van der Waals surface area contributed by atoms with Crippen LogP contribution in [0.15, 0.2) is 73.0 Å². The number of nitrogens with zero attached hydrogens (tertiary/aromatic N) is 4. The van der Waals surface area contributed by atoms with Crippen LogP contribution in [0.1, 0.15) is 16.1 Å². The number of hydrogen-bond donors (Lipinski definition) is 2. The van der Waals surface area contributed by atoms with Crippen molar-refractivity contribution in [3.05, 3.63) is 89.2 Å². The number of pyridine rings is 1. The van der Waals surface area contributed by atoms with Crippen molar-refractivity contribution in [3.63, 3.8) is 0 Å². The molecular weight excluding hydrogens is 392 g/mol. The minimum Gasteiger partial charge on any atom is -0.357 e. The molecule has 146 valence electrons. The van der Waals surface area contributed by atoms with Crippen molar-refractivity contribution < 1.29 is 0 Å². The van der Waals surface area contributed by atoms with Crippen molar-refractivity contribution in [1.29, 1.82) is 0 Å². The van der Waals surface area contributed by atoms with Gasteiger partial charge in [0.1, 0.15) is 16.9 Å². The fraction of sp³-hybridized carbons (Fsp3) is 0.0435. The van der Waals surface area contributed by atoms with Crippen LogP contribution in [0.2, 0.25) is 0 Å². The van der Waals surface area contributed by atoms with E-state index in [1.54, 1.807) is 29.9 Å². The van der Waals surface area contributed by atoms with Crippen molar-refractivity contribution in [1.82, 2.24) is 30.1 Å². The zero-order valence-corrected chi connectivity index (χ0v) is 17.1. The van der Waals surface area contributed by atoms with Gasteiger partial charge in [-0.15, -0.1) is 11.3 Å². The van der Waals surface area contributed by atoms with E-state index in [0.29, 0.717) is 0 Å². The summed E-state index contributed by atoms with van der Waals surface area (Å²) in [4.78, 5) is 18.0. The molecule has 0 bridgehead atoms. The average molecular weight is 411 g/mol. The Bertz CT molecular complexity index is 1360. The van der Waals surface area contributed by atoms with E-state index in [0.717, 1.165) is 50.6 Å². The van der Waals surface area contributed by atoms with E-state index in [1.165, 1.54) is 4.88 Å². The normalized spacial score (nSPS) is 11.8. The summed E-state index contributed by atoms with van der Waals surface area (Å²) in [6, 6.07) is 10.2. The molecule has 5 aromatic heterocycles. The highest BCUT2D eigenvalue weighted by Crippen LogP contribution is 2.34. The second-order valence-corrected chi connectivity index (χ2v) is 7.72. The number of aryl methyl sites for hydroxylation is 1. The summed E-state index contributed by atoms with van der Waals surface area (Å²) in [5.41, 5.74) is 8.13. The SMILES string of the molecule is C=C/C=C(/c1cccs1)c1cc(-c2n[nH]c3ccc(-c4cnccn4)nc23)[nH]c1C. The Labute approximate surface area is 177 Å². The summed E-state index contributed by atoms with van der Waals surface area (Å²) >= 11 is 1.71. The van der Waals surface area contributed by atoms with E-state index in [1.807, 2.05) is 24.3 Å². The van der Waals surface area contributed by atoms with Gasteiger partial charge in [0.25, 0.3) is 0 Å². The van der Waals surface area contributed by atoms with Crippen LogP contribution in [0.25, 0.3) is 39.4 Å². The van der Waals surface area contributed by atoms with Gasteiger partial charge in [-0.2, -0.15) is 5.10 Å². The third-order valence-electron chi connectivity index (χ3n) is 4.86. The highest BCUT2D eigenvalue weighted by atomic mass is 32.1. The fourth-order valence-electron chi connectivity index (χ4n) is 3.48. The van der Waals surface area contributed by atoms with Gasteiger partial charge in [-0.3, -0.25) is 15.1 Å². The van der Waals surface area contributed by atoms with E-state index in [9.17, 15) is 0 Å². The van der Waals surface area contributed by atoms with Gasteiger partial charge in [0, 0.05) is 34.1 Å². The van der Waals surface area contributed by atoms with Crippen molar-refractivity contribution in [2.75, 3.05) is 0 Å². The van der Waals surface area contributed by atoms with Crippen LogP contribution in [-0.4, -0.2) is 30.1 Å². The van der Waals surface area contributed by atoms with Gasteiger partial charge >= 0.3 is 0 Å². The molecule has 0 saturated carbocycles. The summed E-state index contributed by atoms with van der Waals surface area (Å²) in [5.74, 6) is 0. The smallest absolute Gasteiger partial charge is 0.135 e. The molecule has 6 nitrogen and oxygen atoms in total. The highest BCUT2D eigenvalue weighted by molar-refractivity contribution is 7.11. The van der Waals surface area contributed by atoms with Gasteiger partial charge in [0.05, 0.1) is 23.1 Å². The molecule has 0 aromatic carbocycles. The second-order valence-electron chi connectivity index (χ2n) is 6.77. The highest BCUT2D eigenvalue weighted by Gasteiger charge is 2.17. The van der Waals surface area contributed by atoms with E-state index in [-0.39, 0.29) is 0 Å². The monoisotopic (exact) mass is 410 g/mol. The Balaban J connectivity index is 1.62. The first-order valence-corrected chi connectivity index (χ1v) is 10.3. The van der Waals surface area contributed by atoms with Crippen LogP contribution >= 0.6 is 11.3 Å². The zero-order valence-electron chi connectivity index (χ0n) is 16.3. The van der Waals surface area contributed by atoms with Crippen molar-refractivity contribution in [2.24, 2.45) is 0 Å². The second kappa shape index (κ2) is 7.53. The van der Waals surface area contributed by atoms with E-state index < -0.39 is 0 Å². The third kappa shape index (κ3) is 3.15. The number of nitrogens with one attached hydrogen (secondary N) is 2. The predicted octanol–water partition coefficient (Wildman–Crippen LogP) is 5.40. The first-order chi connectivity index (χ1) is 14.7. The molecule has 0 unspecified atom stereocenters. The van der Waals surface area contributed by atoms with Gasteiger partial charge < -0.3 is 4.98 Å². The van der Waals surface area contributed by atoms with Crippen LogP contribution in [0.3, 0.4) is 0 Å². The van der Waals surface area contributed by atoms with Crippen molar-refractivity contribution >= 4 is 27.9 Å². The third-order valence-corrected chi connectivity index (χ3v) is 5.77. The molecule has 0 atom stereocenters. The number of aromatic nitrogens is 6. The summed E-state index contributed by atoms with van der Waals surface area (Å²) in [7, 11) is 0. The number of thiophene rings is 1. The summed E-state index contributed by atoms with van der Waals surface area (Å²) < 4.78 is 0. The standard InChI is InChI=1S/C23H18N6S/c1-3-5-15(21-6-4-11-30-21)16-12-19(26-14(16)2)23-22-18(28-29-23)8-7-17(27-22)20-13-24-9-10-25-20/h3-13,26H,1H2,2H3,(H,28,29)/b15-5+.